The molecule has 208 valence electrons. The number of alkyl halides is 6. The van der Waals surface area contributed by atoms with Crippen LogP contribution in [-0.4, -0.2) is 31.6 Å². The van der Waals surface area contributed by atoms with Gasteiger partial charge in [0.05, 0.1) is 36.1 Å². The molecule has 1 amide bonds. The molecule has 0 heterocycles. The van der Waals surface area contributed by atoms with Gasteiger partial charge in [-0.05, 0) is 61.9 Å². The standard InChI is InChI=1S/C27H30F6N2O3/c1-17(18-14-20(26(28,29)30)16-21(15-18)27(31,32)33)24(37)35-25(19-6-4-3-5-7-19)11-8-22(9-12-25)34-13-10-23(36)38-2/h3-7,14-17,22,34H,8-13H2,1-2H3,(H,35,37). The zero-order valence-corrected chi connectivity index (χ0v) is 21.0. The van der Waals surface area contributed by atoms with Gasteiger partial charge in [0.15, 0.2) is 0 Å². The first-order chi connectivity index (χ1) is 17.7. The second kappa shape index (κ2) is 11.8. The fourth-order valence-corrected chi connectivity index (χ4v) is 4.76. The van der Waals surface area contributed by atoms with E-state index in [0.29, 0.717) is 44.4 Å². The van der Waals surface area contributed by atoms with Gasteiger partial charge in [0, 0.05) is 12.6 Å². The smallest absolute Gasteiger partial charge is 0.416 e. The zero-order chi connectivity index (χ0) is 28.1. The van der Waals surface area contributed by atoms with E-state index < -0.39 is 40.8 Å². The highest BCUT2D eigenvalue weighted by atomic mass is 19.4. The van der Waals surface area contributed by atoms with Crippen molar-refractivity contribution in [1.29, 1.82) is 0 Å². The van der Waals surface area contributed by atoms with Crippen molar-refractivity contribution in [1.82, 2.24) is 10.6 Å². The third-order valence-electron chi connectivity index (χ3n) is 7.02. The van der Waals surface area contributed by atoms with Gasteiger partial charge in [0.25, 0.3) is 0 Å². The van der Waals surface area contributed by atoms with Gasteiger partial charge in [-0.15, -0.1) is 0 Å². The van der Waals surface area contributed by atoms with Crippen LogP contribution in [0.2, 0.25) is 0 Å². The summed E-state index contributed by atoms with van der Waals surface area (Å²) in [6, 6.07) is 10.4. The van der Waals surface area contributed by atoms with Crippen LogP contribution in [0.25, 0.3) is 0 Å². The quantitative estimate of drug-likeness (QED) is 0.319. The maximum atomic E-state index is 13.3. The molecule has 1 aliphatic rings. The van der Waals surface area contributed by atoms with Crippen molar-refractivity contribution in [2.24, 2.45) is 0 Å². The van der Waals surface area contributed by atoms with Crippen LogP contribution < -0.4 is 10.6 Å². The summed E-state index contributed by atoms with van der Waals surface area (Å²) in [5.74, 6) is -2.27. The molecule has 1 unspecified atom stereocenters. The summed E-state index contributed by atoms with van der Waals surface area (Å²) < 4.78 is 84.7. The highest BCUT2D eigenvalue weighted by molar-refractivity contribution is 5.84. The first kappa shape index (κ1) is 29.5. The van der Waals surface area contributed by atoms with Gasteiger partial charge >= 0.3 is 18.3 Å². The van der Waals surface area contributed by atoms with Gasteiger partial charge in [0.1, 0.15) is 0 Å². The predicted molar refractivity (Wildman–Crippen MR) is 128 cm³/mol. The van der Waals surface area contributed by atoms with E-state index in [0.717, 1.165) is 5.56 Å². The summed E-state index contributed by atoms with van der Waals surface area (Å²) in [4.78, 5) is 24.7. The molecule has 11 heteroatoms. The van der Waals surface area contributed by atoms with Crippen molar-refractivity contribution in [3.8, 4) is 0 Å². The summed E-state index contributed by atoms with van der Waals surface area (Å²) in [6.07, 6.45) is -7.56. The maximum absolute atomic E-state index is 13.3. The van der Waals surface area contributed by atoms with Crippen LogP contribution in [0.3, 0.4) is 0 Å². The van der Waals surface area contributed by atoms with Crippen LogP contribution in [-0.2, 0) is 32.2 Å². The van der Waals surface area contributed by atoms with E-state index in [1.54, 1.807) is 12.1 Å². The Kier molecular flexibility index (Phi) is 9.12. The minimum Gasteiger partial charge on any atom is -0.469 e. The van der Waals surface area contributed by atoms with Crippen LogP contribution in [0, 0.1) is 0 Å². The Hall–Kier alpha value is -3.08. The first-order valence-electron chi connectivity index (χ1n) is 12.2. The summed E-state index contributed by atoms with van der Waals surface area (Å²) >= 11 is 0. The SMILES string of the molecule is COC(=O)CCNC1CCC(NC(=O)C(C)c2cc(C(F)(F)F)cc(C(F)(F)F)c2)(c2ccccc2)CC1. The second-order valence-corrected chi connectivity index (χ2v) is 9.55. The molecule has 0 radical (unpaired) electrons. The Balaban J connectivity index is 1.83. The van der Waals surface area contributed by atoms with Gasteiger partial charge < -0.3 is 15.4 Å². The second-order valence-electron chi connectivity index (χ2n) is 9.55. The van der Waals surface area contributed by atoms with E-state index in [9.17, 15) is 35.9 Å². The number of rotatable bonds is 8. The largest absolute Gasteiger partial charge is 0.469 e. The van der Waals surface area contributed by atoms with Crippen molar-refractivity contribution in [3.63, 3.8) is 0 Å². The molecule has 2 aromatic carbocycles. The molecule has 0 aliphatic heterocycles. The summed E-state index contributed by atoms with van der Waals surface area (Å²) in [6.45, 7) is 1.72. The van der Waals surface area contributed by atoms with E-state index >= 15 is 0 Å². The number of hydrogen-bond donors (Lipinski definition) is 2. The number of carbonyl (C=O) groups excluding carboxylic acids is 2. The van der Waals surface area contributed by atoms with E-state index in [-0.39, 0.29) is 30.1 Å². The highest BCUT2D eigenvalue weighted by Gasteiger charge is 2.41. The predicted octanol–water partition coefficient (Wildman–Crippen LogP) is 5.93. The topological polar surface area (TPSA) is 67.4 Å². The van der Waals surface area contributed by atoms with E-state index in [2.05, 4.69) is 15.4 Å². The molecule has 5 nitrogen and oxygen atoms in total. The lowest BCUT2D eigenvalue weighted by Gasteiger charge is -2.42. The first-order valence-corrected chi connectivity index (χ1v) is 12.2. The van der Waals surface area contributed by atoms with Crippen LogP contribution in [0.4, 0.5) is 26.3 Å². The normalized spacial score (nSPS) is 21.0. The average Bonchev–Trinajstić information content (AvgIpc) is 2.88. The fraction of sp³-hybridized carbons (Fsp3) is 0.481. The molecule has 38 heavy (non-hydrogen) atoms. The van der Waals surface area contributed by atoms with Gasteiger partial charge in [-0.3, -0.25) is 9.59 Å². The van der Waals surface area contributed by atoms with Gasteiger partial charge in [0.2, 0.25) is 5.91 Å². The van der Waals surface area contributed by atoms with Crippen molar-refractivity contribution < 1.29 is 40.7 Å². The number of nitrogens with one attached hydrogen (secondary N) is 2. The van der Waals surface area contributed by atoms with Crippen LogP contribution >= 0.6 is 0 Å². The molecule has 0 saturated heterocycles. The molecule has 2 aromatic rings. The minimum atomic E-state index is -5.00. The number of esters is 1. The fourth-order valence-electron chi connectivity index (χ4n) is 4.76. The molecular formula is C27H30F6N2O3. The van der Waals surface area contributed by atoms with Crippen molar-refractivity contribution >= 4 is 11.9 Å². The minimum absolute atomic E-state index is 0.0497. The zero-order valence-electron chi connectivity index (χ0n) is 21.0. The lowest BCUT2D eigenvalue weighted by atomic mass is 9.74. The number of carbonyl (C=O) groups is 2. The Morgan fingerprint density at radius 2 is 1.53 bits per heavy atom. The molecule has 0 aromatic heterocycles. The molecular weight excluding hydrogens is 514 g/mol. The molecule has 2 N–H and O–H groups in total. The van der Waals surface area contributed by atoms with Crippen molar-refractivity contribution in [2.75, 3.05) is 13.7 Å². The molecule has 3 rings (SSSR count). The number of ether oxygens (including phenoxy) is 1. The van der Waals surface area contributed by atoms with Gasteiger partial charge in [-0.2, -0.15) is 26.3 Å². The summed E-state index contributed by atoms with van der Waals surface area (Å²) in [5.41, 5.74) is -3.34. The average molecular weight is 545 g/mol. The lowest BCUT2D eigenvalue weighted by Crippen LogP contribution is -2.51. The summed E-state index contributed by atoms with van der Waals surface area (Å²) in [7, 11) is 1.31. The number of methoxy groups -OCH3 is 1. The summed E-state index contributed by atoms with van der Waals surface area (Å²) in [5, 5.41) is 6.26. The molecule has 0 spiro atoms. The number of hydrogen-bond acceptors (Lipinski definition) is 4. The monoisotopic (exact) mass is 544 g/mol. The lowest BCUT2D eigenvalue weighted by molar-refractivity contribution is -0.143. The highest BCUT2D eigenvalue weighted by Crippen LogP contribution is 2.40. The molecule has 1 atom stereocenters. The van der Waals surface area contributed by atoms with E-state index in [1.165, 1.54) is 14.0 Å². The molecule has 1 fully saturated rings. The molecule has 0 bridgehead atoms. The molecule has 1 aliphatic carbocycles. The Bertz CT molecular complexity index is 1080. The van der Waals surface area contributed by atoms with Crippen LogP contribution in [0.5, 0.6) is 0 Å². The number of halogens is 6. The van der Waals surface area contributed by atoms with Gasteiger partial charge in [-0.1, -0.05) is 30.3 Å². The third kappa shape index (κ3) is 7.27. The Morgan fingerprint density at radius 3 is 2.03 bits per heavy atom. The third-order valence-corrected chi connectivity index (χ3v) is 7.02. The molecule has 1 saturated carbocycles. The van der Waals surface area contributed by atoms with E-state index in [1.807, 2.05) is 18.2 Å². The van der Waals surface area contributed by atoms with Crippen molar-refractivity contribution in [2.45, 2.75) is 68.9 Å². The van der Waals surface area contributed by atoms with Crippen LogP contribution in [0.15, 0.2) is 48.5 Å². The Morgan fingerprint density at radius 1 is 0.974 bits per heavy atom. The number of benzene rings is 2. The maximum Gasteiger partial charge on any atom is 0.416 e. The van der Waals surface area contributed by atoms with Crippen LogP contribution in [0.1, 0.15) is 67.2 Å². The number of amides is 1. The van der Waals surface area contributed by atoms with E-state index in [4.69, 9.17) is 0 Å². The Labute approximate surface area is 216 Å². The van der Waals surface area contributed by atoms with Crippen molar-refractivity contribution in [3.05, 3.63) is 70.8 Å². The van der Waals surface area contributed by atoms with Gasteiger partial charge in [-0.25, -0.2) is 0 Å².